The number of alkyl halides is 3. The second kappa shape index (κ2) is 5.56. The van der Waals surface area contributed by atoms with E-state index >= 15 is 0 Å². The highest BCUT2D eigenvalue weighted by atomic mass is 19.4. The smallest absolute Gasteiger partial charge is 0.387 e. The largest absolute Gasteiger partial charge is 0.390 e. The molecule has 3 nitrogen and oxygen atoms in total. The molecule has 94 valence electrons. The average molecular weight is 246 g/mol. The highest BCUT2D eigenvalue weighted by Crippen LogP contribution is 2.18. The van der Waals surface area contributed by atoms with E-state index < -0.39 is 25.0 Å². The monoisotopic (exact) mass is 246 g/mol. The fourth-order valence-corrected chi connectivity index (χ4v) is 1.31. The predicted molar refractivity (Wildman–Crippen MR) is 59.0 cm³/mol. The molecule has 0 aromatic heterocycles. The van der Waals surface area contributed by atoms with Crippen LogP contribution in [0.1, 0.15) is 16.8 Å². The summed E-state index contributed by atoms with van der Waals surface area (Å²) in [5, 5.41) is 5.03. The zero-order valence-corrected chi connectivity index (χ0v) is 9.27. The molecule has 1 aromatic rings. The van der Waals surface area contributed by atoms with Crippen LogP contribution >= 0.6 is 0 Å². The third-order valence-electron chi connectivity index (χ3n) is 2.14. The molecule has 1 rings (SSSR count). The van der Waals surface area contributed by atoms with Gasteiger partial charge in [0.25, 0.3) is 5.91 Å². The Morgan fingerprint density at radius 2 is 1.94 bits per heavy atom. The minimum atomic E-state index is -4.25. The number of carbonyl (C=O) groups is 1. The Kier molecular flexibility index (Phi) is 4.37. The normalized spacial score (nSPS) is 11.1. The number of nitrogens with one attached hydrogen (secondary N) is 2. The van der Waals surface area contributed by atoms with E-state index in [-0.39, 0.29) is 0 Å². The van der Waals surface area contributed by atoms with E-state index in [0.717, 1.165) is 0 Å². The van der Waals surface area contributed by atoms with E-state index in [1.165, 1.54) is 0 Å². The van der Waals surface area contributed by atoms with Gasteiger partial charge in [0.2, 0.25) is 0 Å². The minimum Gasteiger partial charge on any atom is -0.387 e. The molecule has 0 fully saturated rings. The Balaban J connectivity index is 2.58. The SMILES string of the molecule is CNc1ccccc1C(=O)NCCC(F)(F)F. The number of anilines is 1. The molecule has 1 aromatic carbocycles. The molecular weight excluding hydrogens is 233 g/mol. The van der Waals surface area contributed by atoms with Gasteiger partial charge in [0.1, 0.15) is 0 Å². The molecule has 0 unspecified atom stereocenters. The second-order valence-electron chi connectivity index (χ2n) is 3.42. The molecule has 0 saturated heterocycles. The lowest BCUT2D eigenvalue weighted by Gasteiger charge is -2.10. The standard InChI is InChI=1S/C11H13F3N2O/c1-15-9-5-3-2-4-8(9)10(17)16-7-6-11(12,13)14/h2-5,15H,6-7H2,1H3,(H,16,17). The summed E-state index contributed by atoms with van der Waals surface area (Å²) in [6, 6.07) is 6.62. The molecule has 0 aliphatic heterocycles. The van der Waals surface area contributed by atoms with Gasteiger partial charge >= 0.3 is 6.18 Å². The van der Waals surface area contributed by atoms with Crippen LogP contribution in [0.15, 0.2) is 24.3 Å². The van der Waals surface area contributed by atoms with Gasteiger partial charge in [-0.2, -0.15) is 13.2 Å². The zero-order valence-electron chi connectivity index (χ0n) is 9.27. The van der Waals surface area contributed by atoms with E-state index in [4.69, 9.17) is 0 Å². The maximum Gasteiger partial charge on any atom is 0.390 e. The first kappa shape index (κ1) is 13.3. The number of halogens is 3. The zero-order chi connectivity index (χ0) is 12.9. The molecular formula is C11H13F3N2O. The van der Waals surface area contributed by atoms with Crippen molar-refractivity contribution in [3.05, 3.63) is 29.8 Å². The second-order valence-corrected chi connectivity index (χ2v) is 3.42. The molecule has 0 saturated carbocycles. The Labute approximate surface area is 97.0 Å². The van der Waals surface area contributed by atoms with Gasteiger partial charge in [0.05, 0.1) is 12.0 Å². The van der Waals surface area contributed by atoms with Crippen LogP contribution < -0.4 is 10.6 Å². The van der Waals surface area contributed by atoms with Gasteiger partial charge < -0.3 is 10.6 Å². The molecule has 2 N–H and O–H groups in total. The van der Waals surface area contributed by atoms with Crippen molar-refractivity contribution >= 4 is 11.6 Å². The summed E-state index contributed by atoms with van der Waals surface area (Å²) >= 11 is 0. The summed E-state index contributed by atoms with van der Waals surface area (Å²) in [5.41, 5.74) is 0.911. The third kappa shape index (κ3) is 4.34. The van der Waals surface area contributed by atoms with Gasteiger partial charge in [-0.25, -0.2) is 0 Å². The fraction of sp³-hybridized carbons (Fsp3) is 0.364. The average Bonchev–Trinajstić information content (AvgIpc) is 2.27. The van der Waals surface area contributed by atoms with E-state index in [9.17, 15) is 18.0 Å². The van der Waals surface area contributed by atoms with Crippen molar-refractivity contribution in [1.29, 1.82) is 0 Å². The van der Waals surface area contributed by atoms with Gasteiger partial charge in [-0.05, 0) is 12.1 Å². The lowest BCUT2D eigenvalue weighted by molar-refractivity contribution is -0.132. The van der Waals surface area contributed by atoms with Gasteiger partial charge in [-0.15, -0.1) is 0 Å². The summed E-state index contributed by atoms with van der Waals surface area (Å²) < 4.78 is 35.7. The van der Waals surface area contributed by atoms with E-state index in [1.54, 1.807) is 31.3 Å². The molecule has 0 aliphatic rings. The van der Waals surface area contributed by atoms with Gasteiger partial charge in [0.15, 0.2) is 0 Å². The molecule has 0 aliphatic carbocycles. The topological polar surface area (TPSA) is 41.1 Å². The lowest BCUT2D eigenvalue weighted by atomic mass is 10.1. The molecule has 6 heteroatoms. The van der Waals surface area contributed by atoms with Crippen LogP contribution in [0.4, 0.5) is 18.9 Å². The van der Waals surface area contributed by atoms with Crippen molar-refractivity contribution in [3.8, 4) is 0 Å². The van der Waals surface area contributed by atoms with E-state index in [2.05, 4.69) is 10.6 Å². The van der Waals surface area contributed by atoms with Gasteiger partial charge in [0, 0.05) is 19.3 Å². The number of hydrogen-bond donors (Lipinski definition) is 2. The Morgan fingerprint density at radius 1 is 1.29 bits per heavy atom. The number of benzene rings is 1. The van der Waals surface area contributed by atoms with Crippen LogP contribution in [-0.4, -0.2) is 25.7 Å². The third-order valence-corrected chi connectivity index (χ3v) is 2.14. The molecule has 0 heterocycles. The van der Waals surface area contributed by atoms with Crippen LogP contribution in [0, 0.1) is 0 Å². The van der Waals surface area contributed by atoms with Crippen molar-refractivity contribution in [2.75, 3.05) is 18.9 Å². The fourth-order valence-electron chi connectivity index (χ4n) is 1.31. The minimum absolute atomic E-state index is 0.331. The van der Waals surface area contributed by atoms with Crippen LogP contribution in [0.25, 0.3) is 0 Å². The summed E-state index contributed by atoms with van der Waals surface area (Å²) in [6.45, 7) is -0.416. The number of amides is 1. The lowest BCUT2D eigenvalue weighted by Crippen LogP contribution is -2.28. The molecule has 17 heavy (non-hydrogen) atoms. The number of carbonyl (C=O) groups excluding carboxylic acids is 1. The number of rotatable bonds is 4. The highest BCUT2D eigenvalue weighted by molar-refractivity contribution is 5.99. The molecule has 1 amide bonds. The van der Waals surface area contributed by atoms with E-state index in [1.807, 2.05) is 0 Å². The number of hydrogen-bond acceptors (Lipinski definition) is 2. The molecule has 0 spiro atoms. The predicted octanol–water partition coefficient (Wildman–Crippen LogP) is 2.41. The summed E-state index contributed by atoms with van der Waals surface area (Å²) in [4.78, 5) is 11.6. The van der Waals surface area contributed by atoms with Crippen molar-refractivity contribution in [3.63, 3.8) is 0 Å². The number of para-hydroxylation sites is 1. The van der Waals surface area contributed by atoms with Crippen molar-refractivity contribution in [2.45, 2.75) is 12.6 Å². The summed E-state index contributed by atoms with van der Waals surface area (Å²) in [5.74, 6) is -0.515. The highest BCUT2D eigenvalue weighted by Gasteiger charge is 2.26. The van der Waals surface area contributed by atoms with Crippen LogP contribution in [0.3, 0.4) is 0 Å². The van der Waals surface area contributed by atoms with Crippen LogP contribution in [-0.2, 0) is 0 Å². The van der Waals surface area contributed by atoms with Crippen molar-refractivity contribution in [1.82, 2.24) is 5.32 Å². The van der Waals surface area contributed by atoms with E-state index in [0.29, 0.717) is 11.3 Å². The Bertz CT molecular complexity index is 391. The first-order chi connectivity index (χ1) is 7.94. The van der Waals surface area contributed by atoms with Gasteiger partial charge in [-0.1, -0.05) is 12.1 Å². The summed E-state index contributed by atoms with van der Waals surface area (Å²) in [6.07, 6.45) is -5.28. The molecule has 0 atom stereocenters. The van der Waals surface area contributed by atoms with Crippen molar-refractivity contribution in [2.24, 2.45) is 0 Å². The van der Waals surface area contributed by atoms with Gasteiger partial charge in [-0.3, -0.25) is 4.79 Å². The maximum absolute atomic E-state index is 11.9. The Hall–Kier alpha value is -1.72. The molecule has 0 radical (unpaired) electrons. The van der Waals surface area contributed by atoms with Crippen molar-refractivity contribution < 1.29 is 18.0 Å². The Morgan fingerprint density at radius 3 is 2.53 bits per heavy atom. The first-order valence-electron chi connectivity index (χ1n) is 5.06. The molecule has 0 bridgehead atoms. The van der Waals surface area contributed by atoms with Crippen LogP contribution in [0.2, 0.25) is 0 Å². The quantitative estimate of drug-likeness (QED) is 0.856. The summed E-state index contributed by atoms with van der Waals surface area (Å²) in [7, 11) is 1.64. The maximum atomic E-state index is 11.9. The van der Waals surface area contributed by atoms with Crippen LogP contribution in [0.5, 0.6) is 0 Å². The first-order valence-corrected chi connectivity index (χ1v) is 5.06.